The first-order valence-corrected chi connectivity index (χ1v) is 9.31. The van der Waals surface area contributed by atoms with Gasteiger partial charge in [0.25, 0.3) is 0 Å². The van der Waals surface area contributed by atoms with Crippen LogP contribution in [0.2, 0.25) is 0 Å². The molecule has 1 atom stereocenters. The molecule has 1 aliphatic rings. The van der Waals surface area contributed by atoms with Crippen molar-refractivity contribution in [2.75, 3.05) is 40.6 Å². The third-order valence-electron chi connectivity index (χ3n) is 4.04. The van der Waals surface area contributed by atoms with Crippen LogP contribution in [-0.4, -0.2) is 46.4 Å². The Morgan fingerprint density at radius 2 is 1.63 bits per heavy atom. The summed E-state index contributed by atoms with van der Waals surface area (Å²) in [6.45, 7) is 1.57. The zero-order valence-corrected chi connectivity index (χ0v) is 16.8. The van der Waals surface area contributed by atoms with E-state index < -0.39 is 6.10 Å². The number of methoxy groups -OCH3 is 2. The van der Waals surface area contributed by atoms with E-state index in [4.69, 9.17) is 23.7 Å². The summed E-state index contributed by atoms with van der Waals surface area (Å²) in [7, 11) is 3.20. The maximum atomic E-state index is 13.0. The topological polar surface area (TPSA) is 63.2 Å². The van der Waals surface area contributed by atoms with Gasteiger partial charge in [-0.05, 0) is 12.1 Å². The number of Topliss-reactive ketones (excluding diaryl/α,β-unsaturated/α-hetero) is 1. The van der Waals surface area contributed by atoms with Crippen LogP contribution in [0.5, 0.6) is 17.2 Å². The summed E-state index contributed by atoms with van der Waals surface area (Å²) in [5, 5.41) is 0. The molecule has 1 unspecified atom stereocenters. The predicted octanol–water partition coefficient (Wildman–Crippen LogP) is 3.82. The van der Waals surface area contributed by atoms with E-state index in [0.717, 1.165) is 10.0 Å². The Hall–Kier alpha value is -2.09. The number of fused-ring (bicyclic) bond motifs is 1. The van der Waals surface area contributed by atoms with E-state index in [2.05, 4.69) is 15.9 Å². The first kappa shape index (κ1) is 19.7. The maximum Gasteiger partial charge on any atom is 0.215 e. The van der Waals surface area contributed by atoms with Gasteiger partial charge in [-0.15, -0.1) is 0 Å². The van der Waals surface area contributed by atoms with Crippen molar-refractivity contribution in [2.24, 2.45) is 0 Å². The van der Waals surface area contributed by atoms with Crippen molar-refractivity contribution in [2.45, 2.75) is 6.10 Å². The highest BCUT2D eigenvalue weighted by Crippen LogP contribution is 2.44. The molecule has 27 heavy (non-hydrogen) atoms. The third-order valence-corrected chi connectivity index (χ3v) is 4.57. The molecule has 0 fully saturated rings. The van der Waals surface area contributed by atoms with Crippen LogP contribution in [0.25, 0.3) is 0 Å². The Kier molecular flexibility index (Phi) is 6.71. The lowest BCUT2D eigenvalue weighted by Crippen LogP contribution is -2.12. The van der Waals surface area contributed by atoms with Crippen molar-refractivity contribution in [1.29, 1.82) is 0 Å². The van der Waals surface area contributed by atoms with Gasteiger partial charge in [-0.1, -0.05) is 28.1 Å². The normalized spacial score (nSPS) is 15.4. The van der Waals surface area contributed by atoms with Crippen molar-refractivity contribution in [3.63, 3.8) is 0 Å². The molecule has 144 valence electrons. The molecule has 0 bridgehead atoms. The zero-order valence-electron chi connectivity index (χ0n) is 15.2. The fourth-order valence-corrected chi connectivity index (χ4v) is 3.01. The second-order valence-electron chi connectivity index (χ2n) is 5.89. The lowest BCUT2D eigenvalue weighted by molar-refractivity contribution is 0.0854. The third kappa shape index (κ3) is 4.61. The molecule has 2 aromatic rings. The van der Waals surface area contributed by atoms with Gasteiger partial charge in [0.15, 0.2) is 6.10 Å². The number of ketones is 1. The summed E-state index contributed by atoms with van der Waals surface area (Å²) in [4.78, 5) is 13.0. The molecule has 6 nitrogen and oxygen atoms in total. The second-order valence-corrected chi connectivity index (χ2v) is 6.81. The summed E-state index contributed by atoms with van der Waals surface area (Å²) in [5.41, 5.74) is 1.21. The van der Waals surface area contributed by atoms with Crippen LogP contribution in [-0.2, 0) is 9.47 Å². The molecule has 1 heterocycles. The van der Waals surface area contributed by atoms with Gasteiger partial charge >= 0.3 is 0 Å². The number of halogens is 1. The smallest absolute Gasteiger partial charge is 0.215 e. The standard InChI is InChI=1S/C20H21BrO6/c1-23-7-9-25-15-11-16(26-10-8-24-2)18-17(12-15)27-20(19(18)22)13-3-5-14(21)6-4-13/h3-6,11-12,20H,7-10H2,1-2H3. The Morgan fingerprint density at radius 1 is 0.963 bits per heavy atom. The van der Waals surface area contributed by atoms with Crippen molar-refractivity contribution < 1.29 is 28.5 Å². The van der Waals surface area contributed by atoms with Crippen molar-refractivity contribution in [1.82, 2.24) is 0 Å². The van der Waals surface area contributed by atoms with Gasteiger partial charge in [0, 0.05) is 36.4 Å². The largest absolute Gasteiger partial charge is 0.491 e. The molecule has 2 aromatic carbocycles. The number of benzene rings is 2. The summed E-state index contributed by atoms with van der Waals surface area (Å²) < 4.78 is 28.4. The van der Waals surface area contributed by atoms with E-state index in [1.54, 1.807) is 26.4 Å². The molecule has 0 saturated heterocycles. The molecule has 0 radical (unpaired) electrons. The molecule has 0 N–H and O–H groups in total. The van der Waals surface area contributed by atoms with Crippen LogP contribution in [0.3, 0.4) is 0 Å². The van der Waals surface area contributed by atoms with E-state index in [1.807, 2.05) is 24.3 Å². The number of carbonyl (C=O) groups is 1. The van der Waals surface area contributed by atoms with Crippen LogP contribution in [0, 0.1) is 0 Å². The number of rotatable bonds is 9. The maximum absolute atomic E-state index is 13.0. The van der Waals surface area contributed by atoms with Gasteiger partial charge in [0.1, 0.15) is 36.0 Å². The van der Waals surface area contributed by atoms with Gasteiger partial charge in [0.05, 0.1) is 13.2 Å². The van der Waals surface area contributed by atoms with Crippen molar-refractivity contribution in [3.05, 3.63) is 52.0 Å². The second kappa shape index (κ2) is 9.21. The van der Waals surface area contributed by atoms with E-state index in [-0.39, 0.29) is 5.78 Å². The van der Waals surface area contributed by atoms with Crippen molar-refractivity contribution in [3.8, 4) is 17.2 Å². The van der Waals surface area contributed by atoms with E-state index >= 15 is 0 Å². The van der Waals surface area contributed by atoms with Gasteiger partial charge in [0.2, 0.25) is 5.78 Å². The molecule has 3 rings (SSSR count). The first-order valence-electron chi connectivity index (χ1n) is 8.52. The Bertz CT molecular complexity index is 790. The van der Waals surface area contributed by atoms with Crippen molar-refractivity contribution >= 4 is 21.7 Å². The van der Waals surface area contributed by atoms with Gasteiger partial charge in [-0.25, -0.2) is 0 Å². The monoisotopic (exact) mass is 436 g/mol. The molecule has 0 spiro atoms. The molecular weight excluding hydrogens is 416 g/mol. The summed E-state index contributed by atoms with van der Waals surface area (Å²) >= 11 is 3.40. The van der Waals surface area contributed by atoms with E-state index in [0.29, 0.717) is 49.2 Å². The minimum atomic E-state index is -0.702. The highest BCUT2D eigenvalue weighted by Gasteiger charge is 2.37. The van der Waals surface area contributed by atoms with Crippen LogP contribution in [0.4, 0.5) is 0 Å². The fraction of sp³-hybridized carbons (Fsp3) is 0.350. The Labute approximate surface area is 166 Å². The average molecular weight is 437 g/mol. The van der Waals surface area contributed by atoms with Crippen LogP contribution < -0.4 is 14.2 Å². The SMILES string of the molecule is COCCOc1cc(OCCOC)c2c(c1)OC(c1ccc(Br)cc1)C2=O. The molecule has 1 aliphatic heterocycles. The lowest BCUT2D eigenvalue weighted by atomic mass is 10.0. The van der Waals surface area contributed by atoms with Gasteiger partial charge < -0.3 is 23.7 Å². The predicted molar refractivity (Wildman–Crippen MR) is 103 cm³/mol. The molecular formula is C20H21BrO6. The quantitative estimate of drug-likeness (QED) is 0.556. The van der Waals surface area contributed by atoms with E-state index in [1.165, 1.54) is 0 Å². The van der Waals surface area contributed by atoms with Crippen LogP contribution in [0.1, 0.15) is 22.0 Å². The minimum Gasteiger partial charge on any atom is -0.491 e. The highest BCUT2D eigenvalue weighted by molar-refractivity contribution is 9.10. The number of ether oxygens (including phenoxy) is 5. The number of carbonyl (C=O) groups excluding carboxylic acids is 1. The summed E-state index contributed by atoms with van der Waals surface area (Å²) in [6, 6.07) is 10.9. The molecule has 7 heteroatoms. The van der Waals surface area contributed by atoms with Gasteiger partial charge in [-0.3, -0.25) is 4.79 Å². The number of hydrogen-bond acceptors (Lipinski definition) is 6. The fourth-order valence-electron chi connectivity index (χ4n) is 2.75. The van der Waals surface area contributed by atoms with Crippen LogP contribution >= 0.6 is 15.9 Å². The highest BCUT2D eigenvalue weighted by atomic mass is 79.9. The number of hydrogen-bond donors (Lipinski definition) is 0. The zero-order chi connectivity index (χ0) is 19.2. The molecule has 0 saturated carbocycles. The molecule has 0 aromatic heterocycles. The average Bonchev–Trinajstić information content (AvgIpc) is 2.99. The summed E-state index contributed by atoms with van der Waals surface area (Å²) in [6.07, 6.45) is -0.702. The Balaban J connectivity index is 1.89. The lowest BCUT2D eigenvalue weighted by Gasteiger charge is -2.12. The summed E-state index contributed by atoms with van der Waals surface area (Å²) in [5.74, 6) is 1.31. The minimum absolute atomic E-state index is 0.136. The first-order chi connectivity index (χ1) is 13.1. The van der Waals surface area contributed by atoms with E-state index in [9.17, 15) is 4.79 Å². The Morgan fingerprint density at radius 3 is 2.30 bits per heavy atom. The van der Waals surface area contributed by atoms with Gasteiger partial charge in [-0.2, -0.15) is 0 Å². The molecule has 0 aliphatic carbocycles. The van der Waals surface area contributed by atoms with Crippen LogP contribution in [0.15, 0.2) is 40.9 Å². The molecule has 0 amide bonds.